The lowest BCUT2D eigenvalue weighted by Crippen LogP contribution is -2.08. The van der Waals surface area contributed by atoms with Gasteiger partial charge in [-0.05, 0) is 43.7 Å². The second-order valence-corrected chi connectivity index (χ2v) is 5.92. The number of hydrogen-bond acceptors (Lipinski definition) is 4. The number of anilines is 3. The third kappa shape index (κ3) is 3.38. The lowest BCUT2D eigenvalue weighted by Gasteiger charge is -2.16. The van der Waals surface area contributed by atoms with Crippen LogP contribution in [-0.4, -0.2) is 16.0 Å². The number of aryl methyl sites for hydroxylation is 3. The third-order valence-electron chi connectivity index (χ3n) is 4.02. The van der Waals surface area contributed by atoms with Crippen LogP contribution >= 0.6 is 0 Å². The van der Waals surface area contributed by atoms with E-state index in [-0.39, 0.29) is 0 Å². The second-order valence-electron chi connectivity index (χ2n) is 5.92. The van der Waals surface area contributed by atoms with Crippen LogP contribution in [0.4, 0.5) is 17.5 Å². The molecule has 0 aliphatic heterocycles. The summed E-state index contributed by atoms with van der Waals surface area (Å²) in [4.78, 5) is 9.11. The molecule has 2 aromatic rings. The SMILES string of the molecule is CCc1cccc(CC)c1Nc1cc(C)nc(NC2CC2)n1. The molecule has 0 unspecified atom stereocenters. The standard InChI is InChI=1S/C18H24N4/c1-4-13-7-6-8-14(5-2)17(13)21-16-11-12(3)19-18(22-16)20-15-9-10-15/h6-8,11,15H,4-5,9-10H2,1-3H3,(H2,19,20,21,22). The van der Waals surface area contributed by atoms with Crippen LogP contribution in [0.25, 0.3) is 0 Å². The maximum atomic E-state index is 4.63. The molecule has 116 valence electrons. The molecule has 0 atom stereocenters. The molecule has 1 aromatic carbocycles. The largest absolute Gasteiger partial charge is 0.351 e. The number of benzene rings is 1. The summed E-state index contributed by atoms with van der Waals surface area (Å²) in [5.41, 5.74) is 4.83. The van der Waals surface area contributed by atoms with E-state index in [9.17, 15) is 0 Å². The molecule has 1 aliphatic rings. The Hall–Kier alpha value is -2.10. The molecule has 1 fully saturated rings. The quantitative estimate of drug-likeness (QED) is 0.837. The normalized spacial score (nSPS) is 14.0. The minimum absolute atomic E-state index is 0.559. The van der Waals surface area contributed by atoms with Gasteiger partial charge in [-0.1, -0.05) is 32.0 Å². The molecule has 0 bridgehead atoms. The number of hydrogen-bond donors (Lipinski definition) is 2. The maximum absolute atomic E-state index is 4.63. The van der Waals surface area contributed by atoms with Gasteiger partial charge >= 0.3 is 0 Å². The fourth-order valence-electron chi connectivity index (χ4n) is 2.64. The Morgan fingerprint density at radius 1 is 1.09 bits per heavy atom. The number of nitrogens with zero attached hydrogens (tertiary/aromatic N) is 2. The van der Waals surface area contributed by atoms with Gasteiger partial charge in [-0.3, -0.25) is 0 Å². The van der Waals surface area contributed by atoms with E-state index in [1.54, 1.807) is 0 Å². The van der Waals surface area contributed by atoms with Crippen molar-refractivity contribution in [2.24, 2.45) is 0 Å². The van der Waals surface area contributed by atoms with Crippen LogP contribution in [0, 0.1) is 6.92 Å². The van der Waals surface area contributed by atoms with Gasteiger partial charge in [0.2, 0.25) is 5.95 Å². The van der Waals surface area contributed by atoms with Gasteiger partial charge in [-0.2, -0.15) is 4.98 Å². The van der Waals surface area contributed by atoms with E-state index < -0.39 is 0 Å². The van der Waals surface area contributed by atoms with Crippen LogP contribution < -0.4 is 10.6 Å². The van der Waals surface area contributed by atoms with Crippen molar-refractivity contribution in [3.63, 3.8) is 0 Å². The summed E-state index contributed by atoms with van der Waals surface area (Å²) < 4.78 is 0. The van der Waals surface area contributed by atoms with Gasteiger partial charge in [-0.15, -0.1) is 0 Å². The molecular formula is C18H24N4. The van der Waals surface area contributed by atoms with Crippen molar-refractivity contribution >= 4 is 17.5 Å². The highest BCUT2D eigenvalue weighted by atomic mass is 15.2. The van der Waals surface area contributed by atoms with Crippen LogP contribution in [0.15, 0.2) is 24.3 Å². The summed E-state index contributed by atoms with van der Waals surface area (Å²) in [6.07, 6.45) is 4.46. The first-order valence-electron chi connectivity index (χ1n) is 8.19. The van der Waals surface area contributed by atoms with E-state index in [1.165, 1.54) is 29.7 Å². The first-order chi connectivity index (χ1) is 10.7. The first kappa shape index (κ1) is 14.8. The smallest absolute Gasteiger partial charge is 0.225 e. The Labute approximate surface area is 132 Å². The van der Waals surface area contributed by atoms with Gasteiger partial charge in [0.05, 0.1) is 0 Å². The lowest BCUT2D eigenvalue weighted by atomic mass is 10.0. The van der Waals surface area contributed by atoms with Crippen molar-refractivity contribution in [3.05, 3.63) is 41.1 Å². The predicted octanol–water partition coefficient (Wildman–Crippen LogP) is 4.23. The van der Waals surface area contributed by atoms with Crippen molar-refractivity contribution in [2.45, 2.75) is 52.5 Å². The number of aromatic nitrogens is 2. The zero-order valence-electron chi connectivity index (χ0n) is 13.6. The predicted molar refractivity (Wildman–Crippen MR) is 91.9 cm³/mol. The molecule has 1 aromatic heterocycles. The van der Waals surface area contributed by atoms with E-state index in [1.807, 2.05) is 13.0 Å². The van der Waals surface area contributed by atoms with Crippen molar-refractivity contribution in [2.75, 3.05) is 10.6 Å². The monoisotopic (exact) mass is 296 g/mol. The Balaban J connectivity index is 1.90. The van der Waals surface area contributed by atoms with E-state index in [2.05, 4.69) is 52.6 Å². The molecule has 22 heavy (non-hydrogen) atoms. The van der Waals surface area contributed by atoms with Crippen LogP contribution in [0.5, 0.6) is 0 Å². The van der Waals surface area contributed by atoms with E-state index >= 15 is 0 Å². The molecule has 4 heteroatoms. The summed E-state index contributed by atoms with van der Waals surface area (Å²) in [5.74, 6) is 1.60. The minimum Gasteiger partial charge on any atom is -0.351 e. The summed E-state index contributed by atoms with van der Waals surface area (Å²) in [6.45, 7) is 6.38. The Bertz CT molecular complexity index is 640. The highest BCUT2D eigenvalue weighted by Gasteiger charge is 2.22. The van der Waals surface area contributed by atoms with Crippen LogP contribution in [0.1, 0.15) is 43.5 Å². The van der Waals surface area contributed by atoms with Gasteiger partial charge in [0.1, 0.15) is 5.82 Å². The number of nitrogens with one attached hydrogen (secondary N) is 2. The number of rotatable bonds is 6. The van der Waals surface area contributed by atoms with E-state index in [0.29, 0.717) is 6.04 Å². The summed E-state index contributed by atoms with van der Waals surface area (Å²) in [6, 6.07) is 9.05. The van der Waals surface area contributed by atoms with Gasteiger partial charge in [0, 0.05) is 23.5 Å². The zero-order chi connectivity index (χ0) is 15.5. The Morgan fingerprint density at radius 3 is 2.36 bits per heavy atom. The summed E-state index contributed by atoms with van der Waals surface area (Å²) >= 11 is 0. The molecule has 2 N–H and O–H groups in total. The van der Waals surface area contributed by atoms with Gasteiger partial charge in [0.25, 0.3) is 0 Å². The second kappa shape index (κ2) is 6.34. The average molecular weight is 296 g/mol. The number of para-hydroxylation sites is 1. The molecule has 0 amide bonds. The van der Waals surface area contributed by atoms with E-state index in [0.717, 1.165) is 30.3 Å². The fourth-order valence-corrected chi connectivity index (χ4v) is 2.64. The molecule has 0 spiro atoms. The molecule has 3 rings (SSSR count). The fraction of sp³-hybridized carbons (Fsp3) is 0.444. The maximum Gasteiger partial charge on any atom is 0.225 e. The highest BCUT2D eigenvalue weighted by Crippen LogP contribution is 2.27. The topological polar surface area (TPSA) is 49.8 Å². The molecule has 1 aliphatic carbocycles. The van der Waals surface area contributed by atoms with Crippen molar-refractivity contribution in [3.8, 4) is 0 Å². The van der Waals surface area contributed by atoms with Gasteiger partial charge in [0.15, 0.2) is 0 Å². The molecule has 0 saturated heterocycles. The van der Waals surface area contributed by atoms with Crippen molar-refractivity contribution in [1.29, 1.82) is 0 Å². The molecule has 4 nitrogen and oxygen atoms in total. The first-order valence-corrected chi connectivity index (χ1v) is 8.19. The van der Waals surface area contributed by atoms with Gasteiger partial charge in [-0.25, -0.2) is 4.98 Å². The van der Waals surface area contributed by atoms with Gasteiger partial charge < -0.3 is 10.6 Å². The summed E-state index contributed by atoms with van der Waals surface area (Å²) in [5, 5.41) is 6.90. The van der Waals surface area contributed by atoms with Crippen molar-refractivity contribution < 1.29 is 0 Å². The molecular weight excluding hydrogens is 272 g/mol. The molecule has 1 saturated carbocycles. The Kier molecular flexibility index (Phi) is 4.27. The van der Waals surface area contributed by atoms with E-state index in [4.69, 9.17) is 0 Å². The highest BCUT2D eigenvalue weighted by molar-refractivity contribution is 5.66. The molecule has 1 heterocycles. The zero-order valence-corrected chi connectivity index (χ0v) is 13.6. The van der Waals surface area contributed by atoms with Crippen LogP contribution in [0.3, 0.4) is 0 Å². The molecule has 0 radical (unpaired) electrons. The minimum atomic E-state index is 0.559. The summed E-state index contributed by atoms with van der Waals surface area (Å²) in [7, 11) is 0. The Morgan fingerprint density at radius 2 is 1.77 bits per heavy atom. The third-order valence-corrected chi connectivity index (χ3v) is 4.02. The van der Waals surface area contributed by atoms with Crippen LogP contribution in [0.2, 0.25) is 0 Å². The van der Waals surface area contributed by atoms with Crippen LogP contribution in [-0.2, 0) is 12.8 Å². The lowest BCUT2D eigenvalue weighted by molar-refractivity contribution is 1.03. The van der Waals surface area contributed by atoms with Crippen molar-refractivity contribution in [1.82, 2.24) is 9.97 Å². The average Bonchev–Trinajstić information content (AvgIpc) is 3.30.